The largest absolute Gasteiger partial charge is 0.481 e. The van der Waals surface area contributed by atoms with Crippen LogP contribution in [0.2, 0.25) is 0 Å². The molecule has 194 valence electrons. The van der Waals surface area contributed by atoms with Crippen molar-refractivity contribution in [2.75, 3.05) is 0 Å². The van der Waals surface area contributed by atoms with Gasteiger partial charge >= 0.3 is 5.97 Å². The van der Waals surface area contributed by atoms with Gasteiger partial charge in [0.2, 0.25) is 5.70 Å². The van der Waals surface area contributed by atoms with Crippen LogP contribution in [0, 0.1) is 62.7 Å². The van der Waals surface area contributed by atoms with Crippen LogP contribution in [0.25, 0.3) is 4.85 Å². The first-order chi connectivity index (χ1) is 16.5. The Kier molecular flexibility index (Phi) is 5.23. The maximum Gasteiger partial charge on any atom is 0.310 e. The van der Waals surface area contributed by atoms with Gasteiger partial charge in [0.05, 0.1) is 17.9 Å². The molecule has 0 aromatic heterocycles. The van der Waals surface area contributed by atoms with Crippen molar-refractivity contribution in [1.82, 2.24) is 0 Å². The van der Waals surface area contributed by atoms with E-state index >= 15 is 0 Å². The average molecular weight is 492 g/mol. The maximum atomic E-state index is 14.3. The molecule has 5 aliphatic carbocycles. The Morgan fingerprint density at radius 3 is 2.22 bits per heavy atom. The highest BCUT2D eigenvalue weighted by Gasteiger charge is 2.73. The van der Waals surface area contributed by atoms with Crippen molar-refractivity contribution >= 4 is 17.5 Å². The molecule has 0 saturated heterocycles. The van der Waals surface area contributed by atoms with Gasteiger partial charge in [-0.25, -0.2) is 4.85 Å². The SMILES string of the molecule is [C-]#[N+]C1=C[C@]2(C)[C@H]3CC(=O)[C]4[C]5CC(C)(C)CC[C@]5(C(=O)O)CC[C@@]4(C)[C@]3(C)CC[C@H]2C(C)(C)C1=O. The Morgan fingerprint density at radius 2 is 1.61 bits per heavy atom. The number of ketones is 2. The second kappa shape index (κ2) is 7.33. The Balaban J connectivity index is 1.65. The van der Waals surface area contributed by atoms with Gasteiger partial charge in [-0.2, -0.15) is 0 Å². The molecule has 0 aromatic rings. The molecule has 5 heteroatoms. The summed E-state index contributed by atoms with van der Waals surface area (Å²) in [7, 11) is 0. The Morgan fingerprint density at radius 1 is 0.972 bits per heavy atom. The van der Waals surface area contributed by atoms with E-state index in [4.69, 9.17) is 6.57 Å². The van der Waals surface area contributed by atoms with Crippen LogP contribution in [0.1, 0.15) is 99.8 Å². The fraction of sp³-hybridized carbons (Fsp3) is 0.742. The second-order valence-electron chi connectivity index (χ2n) is 14.7. The predicted octanol–water partition coefficient (Wildman–Crippen LogP) is 6.64. The van der Waals surface area contributed by atoms with Gasteiger partial charge in [0.1, 0.15) is 5.78 Å². The number of carbonyl (C=O) groups excluding carboxylic acids is 2. The molecule has 0 unspecified atom stereocenters. The number of Topliss-reactive ketones (excluding diaryl/α,β-unsaturated/α-hetero) is 2. The lowest BCUT2D eigenvalue weighted by Crippen LogP contribution is -2.68. The molecule has 36 heavy (non-hydrogen) atoms. The number of aliphatic carboxylic acids is 1. The molecule has 5 nitrogen and oxygen atoms in total. The van der Waals surface area contributed by atoms with E-state index in [0.717, 1.165) is 31.1 Å². The number of nitrogens with zero attached hydrogens (tertiary/aromatic N) is 1. The summed E-state index contributed by atoms with van der Waals surface area (Å²) in [5.74, 6) is 1.07. The fourth-order valence-corrected chi connectivity index (χ4v) is 9.88. The summed E-state index contributed by atoms with van der Waals surface area (Å²) in [6.45, 7) is 22.8. The lowest BCUT2D eigenvalue weighted by atomic mass is 9.31. The molecule has 2 radical (unpaired) electrons. The van der Waals surface area contributed by atoms with Crippen LogP contribution in [0.4, 0.5) is 0 Å². The van der Waals surface area contributed by atoms with Crippen molar-refractivity contribution < 1.29 is 19.5 Å². The monoisotopic (exact) mass is 491 g/mol. The zero-order chi connectivity index (χ0) is 26.7. The Labute approximate surface area is 216 Å². The zero-order valence-corrected chi connectivity index (χ0v) is 23.0. The fourth-order valence-electron chi connectivity index (χ4n) is 9.88. The van der Waals surface area contributed by atoms with Crippen LogP contribution >= 0.6 is 0 Å². The molecule has 5 aliphatic rings. The van der Waals surface area contributed by atoms with Gasteiger partial charge in [0.15, 0.2) is 5.78 Å². The van der Waals surface area contributed by atoms with Crippen molar-refractivity contribution in [2.24, 2.45) is 44.3 Å². The molecule has 4 saturated carbocycles. The number of carboxylic acids is 1. The third-order valence-corrected chi connectivity index (χ3v) is 12.2. The van der Waals surface area contributed by atoms with Crippen molar-refractivity contribution in [2.45, 2.75) is 99.8 Å². The Bertz CT molecular complexity index is 1130. The summed E-state index contributed by atoms with van der Waals surface area (Å²) in [6.07, 6.45) is 7.45. The summed E-state index contributed by atoms with van der Waals surface area (Å²) >= 11 is 0. The number of rotatable bonds is 1. The molecule has 5 rings (SSSR count). The summed E-state index contributed by atoms with van der Waals surface area (Å²) in [5.41, 5.74) is -2.45. The van der Waals surface area contributed by atoms with Gasteiger partial charge in [-0.3, -0.25) is 9.59 Å². The maximum absolute atomic E-state index is 14.3. The number of carbonyl (C=O) groups is 3. The van der Waals surface area contributed by atoms with Crippen molar-refractivity contribution in [3.05, 3.63) is 35.0 Å². The van der Waals surface area contributed by atoms with Gasteiger partial charge in [-0.05, 0) is 78.4 Å². The van der Waals surface area contributed by atoms with Gasteiger partial charge in [0.25, 0.3) is 0 Å². The summed E-state index contributed by atoms with van der Waals surface area (Å²) in [5, 5.41) is 10.5. The topological polar surface area (TPSA) is 75.8 Å². The highest BCUT2D eigenvalue weighted by Crippen LogP contribution is 2.76. The molecule has 6 atom stereocenters. The number of hydrogen-bond donors (Lipinski definition) is 1. The van der Waals surface area contributed by atoms with Gasteiger partial charge in [-0.15, -0.1) is 0 Å². The first kappa shape index (κ1) is 25.7. The zero-order valence-electron chi connectivity index (χ0n) is 23.0. The first-order valence-corrected chi connectivity index (χ1v) is 13.7. The van der Waals surface area contributed by atoms with E-state index in [1.807, 2.05) is 19.9 Å². The second-order valence-corrected chi connectivity index (χ2v) is 14.7. The van der Waals surface area contributed by atoms with Crippen LogP contribution in [0.15, 0.2) is 11.8 Å². The lowest BCUT2D eigenvalue weighted by Gasteiger charge is -2.71. The summed E-state index contributed by atoms with van der Waals surface area (Å²) in [4.78, 5) is 43.8. The van der Waals surface area contributed by atoms with Crippen molar-refractivity contribution in [3.63, 3.8) is 0 Å². The smallest absolute Gasteiger partial charge is 0.310 e. The van der Waals surface area contributed by atoms with E-state index in [0.29, 0.717) is 32.1 Å². The van der Waals surface area contributed by atoms with Crippen molar-refractivity contribution in [3.8, 4) is 0 Å². The lowest BCUT2D eigenvalue weighted by molar-refractivity contribution is -0.179. The standard InChI is InChI=1S/C31H41NO4/c1-26(2)11-13-31(25(35)36)14-12-30(7)23(18(31)16-26)20(33)15-22-28(5)17-19(32-8)24(34)27(3,4)21(28)9-10-29(22,30)6/h17,21-22H,9-16H2,1-7H3,(H,35,36)/t21-,22+,28-,29+,30+,31-/m0/s1. The van der Waals surface area contributed by atoms with Gasteiger partial charge in [-0.1, -0.05) is 54.5 Å². The molecular weight excluding hydrogens is 450 g/mol. The molecule has 0 aliphatic heterocycles. The predicted molar refractivity (Wildman–Crippen MR) is 137 cm³/mol. The third kappa shape index (κ3) is 2.91. The molecule has 0 bridgehead atoms. The number of carboxylic acid groups (broad SMARTS) is 1. The van der Waals surface area contributed by atoms with E-state index in [-0.39, 0.29) is 39.9 Å². The van der Waals surface area contributed by atoms with Crippen LogP contribution in [0.5, 0.6) is 0 Å². The van der Waals surface area contributed by atoms with Crippen LogP contribution in [0.3, 0.4) is 0 Å². The molecule has 0 spiro atoms. The Hall–Kier alpha value is -1.96. The van der Waals surface area contributed by atoms with E-state index < -0.39 is 27.6 Å². The molecule has 4 fully saturated rings. The summed E-state index contributed by atoms with van der Waals surface area (Å²) < 4.78 is 0. The van der Waals surface area contributed by atoms with Crippen LogP contribution in [-0.4, -0.2) is 22.6 Å². The normalized spacial score (nSPS) is 45.9. The average Bonchev–Trinajstić information content (AvgIpc) is 2.77. The highest BCUT2D eigenvalue weighted by atomic mass is 16.4. The molecule has 0 aromatic carbocycles. The van der Waals surface area contributed by atoms with E-state index in [1.54, 1.807) is 0 Å². The van der Waals surface area contributed by atoms with E-state index in [9.17, 15) is 19.5 Å². The van der Waals surface area contributed by atoms with E-state index in [1.165, 1.54) is 0 Å². The van der Waals surface area contributed by atoms with Crippen LogP contribution < -0.4 is 0 Å². The molecule has 0 amide bonds. The first-order valence-electron chi connectivity index (χ1n) is 13.7. The molecular formula is C31H41NO4. The molecule has 0 heterocycles. The number of hydrogen-bond acceptors (Lipinski definition) is 3. The number of allylic oxidation sites excluding steroid dienone is 2. The van der Waals surface area contributed by atoms with Crippen molar-refractivity contribution in [1.29, 1.82) is 0 Å². The highest BCUT2D eigenvalue weighted by molar-refractivity contribution is 6.03. The summed E-state index contributed by atoms with van der Waals surface area (Å²) in [6, 6.07) is 0. The number of fused-ring (bicyclic) bond motifs is 7. The quantitative estimate of drug-likeness (QED) is 0.417. The minimum atomic E-state index is -0.916. The minimum absolute atomic E-state index is 0.00338. The van der Waals surface area contributed by atoms with E-state index in [2.05, 4.69) is 39.5 Å². The van der Waals surface area contributed by atoms with Gasteiger partial charge in [0, 0.05) is 17.8 Å². The third-order valence-electron chi connectivity index (χ3n) is 12.2. The van der Waals surface area contributed by atoms with Crippen LogP contribution in [-0.2, 0) is 14.4 Å². The minimum Gasteiger partial charge on any atom is -0.481 e. The van der Waals surface area contributed by atoms with Gasteiger partial charge < -0.3 is 9.90 Å². The molecule has 1 N–H and O–H groups in total.